The maximum atomic E-state index is 11.3. The third kappa shape index (κ3) is 2.80. The molecule has 0 radical (unpaired) electrons. The van der Waals surface area contributed by atoms with Crippen molar-refractivity contribution in [3.63, 3.8) is 0 Å². The van der Waals surface area contributed by atoms with Crippen LogP contribution in [0.3, 0.4) is 0 Å². The van der Waals surface area contributed by atoms with Crippen LogP contribution in [0.25, 0.3) is 0 Å². The number of likely N-dealkylation sites (N-methyl/N-ethyl adjacent to an activating group) is 1. The molecule has 98 valence electrons. The number of nitrogens with zero attached hydrogens (tertiary/aromatic N) is 2. The smallest absolute Gasteiger partial charge is 0.308 e. The molecular weight excluding hydrogens is 216 g/mol. The summed E-state index contributed by atoms with van der Waals surface area (Å²) in [5.74, 6) is -0.736. The van der Waals surface area contributed by atoms with Crippen LogP contribution in [0, 0.1) is 5.92 Å². The van der Waals surface area contributed by atoms with E-state index >= 15 is 0 Å². The minimum Gasteiger partial charge on any atom is -0.481 e. The molecule has 2 aliphatic rings. The quantitative estimate of drug-likeness (QED) is 0.789. The molecule has 4 heteroatoms. The Labute approximate surface area is 104 Å². The third-order valence-electron chi connectivity index (χ3n) is 4.51. The molecule has 1 aliphatic heterocycles. The molecule has 0 amide bonds. The molecule has 2 rings (SSSR count). The lowest BCUT2D eigenvalue weighted by atomic mass is 9.83. The van der Waals surface area contributed by atoms with Gasteiger partial charge < -0.3 is 10.0 Å². The van der Waals surface area contributed by atoms with Gasteiger partial charge >= 0.3 is 5.97 Å². The predicted molar refractivity (Wildman–Crippen MR) is 67.0 cm³/mol. The van der Waals surface area contributed by atoms with Gasteiger partial charge in [-0.15, -0.1) is 0 Å². The largest absolute Gasteiger partial charge is 0.481 e. The summed E-state index contributed by atoms with van der Waals surface area (Å²) in [5, 5.41) is 9.32. The minimum absolute atomic E-state index is 0.139. The number of carboxylic acid groups (broad SMARTS) is 1. The van der Waals surface area contributed by atoms with E-state index in [0.29, 0.717) is 6.04 Å². The standard InChI is InChI=1S/C13H24N2O2/c1-10-9-15(8-7-14(10)2)12-6-4-3-5-11(12)13(16)17/h10-12H,3-9H2,1-2H3,(H,16,17). The van der Waals surface area contributed by atoms with Gasteiger partial charge in [0.2, 0.25) is 0 Å². The molecule has 4 nitrogen and oxygen atoms in total. The molecule has 1 saturated carbocycles. The first-order chi connectivity index (χ1) is 8.09. The monoisotopic (exact) mass is 240 g/mol. The van der Waals surface area contributed by atoms with E-state index in [0.717, 1.165) is 38.9 Å². The van der Waals surface area contributed by atoms with Crippen LogP contribution in [0.5, 0.6) is 0 Å². The van der Waals surface area contributed by atoms with Gasteiger partial charge in [0, 0.05) is 31.7 Å². The summed E-state index contributed by atoms with van der Waals surface area (Å²) < 4.78 is 0. The van der Waals surface area contributed by atoms with Crippen molar-refractivity contribution in [2.24, 2.45) is 5.92 Å². The lowest BCUT2D eigenvalue weighted by Gasteiger charge is -2.45. The number of carboxylic acids is 1. The maximum absolute atomic E-state index is 11.3. The number of hydrogen-bond donors (Lipinski definition) is 1. The second-order valence-corrected chi connectivity index (χ2v) is 5.62. The van der Waals surface area contributed by atoms with Crippen molar-refractivity contribution in [3.8, 4) is 0 Å². The van der Waals surface area contributed by atoms with Crippen molar-refractivity contribution >= 4 is 5.97 Å². The molecule has 1 N–H and O–H groups in total. The lowest BCUT2D eigenvalue weighted by molar-refractivity contribution is -0.146. The van der Waals surface area contributed by atoms with Gasteiger partial charge in [-0.25, -0.2) is 0 Å². The zero-order valence-corrected chi connectivity index (χ0v) is 10.9. The normalized spacial score (nSPS) is 36.9. The van der Waals surface area contributed by atoms with Gasteiger partial charge in [0.05, 0.1) is 5.92 Å². The molecule has 3 unspecified atom stereocenters. The van der Waals surface area contributed by atoms with Crippen LogP contribution < -0.4 is 0 Å². The molecule has 1 saturated heterocycles. The number of piperazine rings is 1. The van der Waals surface area contributed by atoms with Crippen LogP contribution in [0.2, 0.25) is 0 Å². The van der Waals surface area contributed by atoms with Gasteiger partial charge in [0.1, 0.15) is 0 Å². The van der Waals surface area contributed by atoms with E-state index in [2.05, 4.69) is 23.8 Å². The Morgan fingerprint density at radius 1 is 1.24 bits per heavy atom. The van der Waals surface area contributed by atoms with Crippen LogP contribution in [0.4, 0.5) is 0 Å². The topological polar surface area (TPSA) is 43.8 Å². The summed E-state index contributed by atoms with van der Waals surface area (Å²) in [4.78, 5) is 16.1. The molecule has 0 aromatic carbocycles. The fourth-order valence-electron chi connectivity index (χ4n) is 3.21. The third-order valence-corrected chi connectivity index (χ3v) is 4.51. The van der Waals surface area contributed by atoms with E-state index in [4.69, 9.17) is 0 Å². The SMILES string of the molecule is CC1CN(C2CCCCC2C(=O)O)CCN1C. The maximum Gasteiger partial charge on any atom is 0.308 e. The Kier molecular flexibility index (Phi) is 4.05. The van der Waals surface area contributed by atoms with Gasteiger partial charge in [0.15, 0.2) is 0 Å². The van der Waals surface area contributed by atoms with E-state index in [1.165, 1.54) is 6.42 Å². The van der Waals surface area contributed by atoms with E-state index < -0.39 is 5.97 Å². The molecule has 0 spiro atoms. The highest BCUT2D eigenvalue weighted by molar-refractivity contribution is 5.71. The van der Waals surface area contributed by atoms with Gasteiger partial charge in [-0.05, 0) is 26.8 Å². The molecular formula is C13H24N2O2. The van der Waals surface area contributed by atoms with Crippen molar-refractivity contribution < 1.29 is 9.90 Å². The second-order valence-electron chi connectivity index (χ2n) is 5.62. The summed E-state index contributed by atoms with van der Waals surface area (Å²) in [6.45, 7) is 5.33. The highest BCUT2D eigenvalue weighted by Crippen LogP contribution is 2.30. The minimum atomic E-state index is -0.596. The van der Waals surface area contributed by atoms with Crippen LogP contribution in [0.1, 0.15) is 32.6 Å². The molecule has 3 atom stereocenters. The Balaban J connectivity index is 2.01. The van der Waals surface area contributed by atoms with E-state index in [9.17, 15) is 9.90 Å². The van der Waals surface area contributed by atoms with Crippen molar-refractivity contribution in [3.05, 3.63) is 0 Å². The summed E-state index contributed by atoms with van der Waals surface area (Å²) in [6, 6.07) is 0.817. The summed E-state index contributed by atoms with van der Waals surface area (Å²) in [5.41, 5.74) is 0. The zero-order chi connectivity index (χ0) is 12.4. The van der Waals surface area contributed by atoms with Crippen LogP contribution in [-0.4, -0.2) is 59.6 Å². The number of hydrogen-bond acceptors (Lipinski definition) is 3. The highest BCUT2D eigenvalue weighted by Gasteiger charge is 2.36. The van der Waals surface area contributed by atoms with Crippen LogP contribution in [0.15, 0.2) is 0 Å². The van der Waals surface area contributed by atoms with E-state index in [1.54, 1.807) is 0 Å². The molecule has 0 aromatic heterocycles. The first kappa shape index (κ1) is 12.8. The molecule has 17 heavy (non-hydrogen) atoms. The molecule has 0 bridgehead atoms. The number of rotatable bonds is 2. The van der Waals surface area contributed by atoms with Gasteiger partial charge in [0.25, 0.3) is 0 Å². The van der Waals surface area contributed by atoms with Gasteiger partial charge in [-0.3, -0.25) is 9.69 Å². The van der Waals surface area contributed by atoms with Crippen molar-refractivity contribution in [1.29, 1.82) is 0 Å². The Morgan fingerprint density at radius 3 is 2.59 bits per heavy atom. The lowest BCUT2D eigenvalue weighted by Crippen LogP contribution is -2.56. The van der Waals surface area contributed by atoms with Crippen LogP contribution in [-0.2, 0) is 4.79 Å². The summed E-state index contributed by atoms with van der Waals surface area (Å²) in [6.07, 6.45) is 4.19. The molecule has 1 heterocycles. The molecule has 1 aliphatic carbocycles. The van der Waals surface area contributed by atoms with E-state index in [1.807, 2.05) is 0 Å². The zero-order valence-electron chi connectivity index (χ0n) is 10.9. The van der Waals surface area contributed by atoms with Gasteiger partial charge in [-0.1, -0.05) is 12.8 Å². The Hall–Kier alpha value is -0.610. The van der Waals surface area contributed by atoms with Gasteiger partial charge in [-0.2, -0.15) is 0 Å². The number of carbonyl (C=O) groups is 1. The highest BCUT2D eigenvalue weighted by atomic mass is 16.4. The van der Waals surface area contributed by atoms with Crippen LogP contribution >= 0.6 is 0 Å². The van der Waals surface area contributed by atoms with Crippen molar-refractivity contribution in [2.45, 2.75) is 44.7 Å². The first-order valence-electron chi connectivity index (χ1n) is 6.76. The summed E-state index contributed by atoms with van der Waals surface area (Å²) in [7, 11) is 2.15. The van der Waals surface area contributed by atoms with Crippen molar-refractivity contribution in [1.82, 2.24) is 9.80 Å². The van der Waals surface area contributed by atoms with Crippen molar-refractivity contribution in [2.75, 3.05) is 26.7 Å². The Morgan fingerprint density at radius 2 is 1.94 bits per heavy atom. The second kappa shape index (κ2) is 5.36. The molecule has 2 fully saturated rings. The average Bonchev–Trinajstić information content (AvgIpc) is 2.32. The number of aliphatic carboxylic acids is 1. The summed E-state index contributed by atoms with van der Waals surface area (Å²) >= 11 is 0. The van der Waals surface area contributed by atoms with E-state index in [-0.39, 0.29) is 12.0 Å². The Bertz CT molecular complexity index is 283. The first-order valence-corrected chi connectivity index (χ1v) is 6.76. The fourth-order valence-corrected chi connectivity index (χ4v) is 3.21. The average molecular weight is 240 g/mol. The fraction of sp³-hybridized carbons (Fsp3) is 0.923. The molecule has 0 aromatic rings. The predicted octanol–water partition coefficient (Wildman–Crippen LogP) is 1.27.